The lowest BCUT2D eigenvalue weighted by atomic mass is 10.0. The van der Waals surface area contributed by atoms with E-state index in [0.717, 1.165) is 4.90 Å². The molecule has 2 aromatic rings. The molecule has 0 unspecified atom stereocenters. The number of nitrogens with one attached hydrogen (secondary N) is 1. The van der Waals surface area contributed by atoms with Gasteiger partial charge in [0.25, 0.3) is 5.91 Å². The molecule has 4 N–H and O–H groups in total. The van der Waals surface area contributed by atoms with Crippen molar-refractivity contribution in [2.75, 3.05) is 16.8 Å². The summed E-state index contributed by atoms with van der Waals surface area (Å²) in [4.78, 5) is 37.7. The number of nitrogens with two attached hydrogens (primary N) is 1. The van der Waals surface area contributed by atoms with E-state index >= 15 is 0 Å². The molecule has 11 heteroatoms. The number of benzene rings is 2. The Morgan fingerprint density at radius 3 is 2.37 bits per heavy atom. The molecule has 10 nitrogen and oxygen atoms in total. The molecule has 1 aliphatic heterocycles. The second kappa shape index (κ2) is 7.43. The van der Waals surface area contributed by atoms with Gasteiger partial charge in [-0.25, -0.2) is 18.4 Å². The molecule has 0 aliphatic carbocycles. The molecule has 0 fully saturated rings. The first kappa shape index (κ1) is 21.3. The van der Waals surface area contributed by atoms with E-state index in [-0.39, 0.29) is 21.9 Å². The smallest absolute Gasteiger partial charge is 0.335 e. The first-order valence-electron chi connectivity index (χ1n) is 8.69. The number of hydrogen-bond donors (Lipinski definition) is 3. The van der Waals surface area contributed by atoms with Crippen molar-refractivity contribution < 1.29 is 32.6 Å². The minimum Gasteiger partial charge on any atom is -0.478 e. The van der Waals surface area contributed by atoms with Gasteiger partial charge in [-0.05, 0) is 56.3 Å². The van der Waals surface area contributed by atoms with Crippen molar-refractivity contribution in [1.82, 2.24) is 0 Å². The van der Waals surface area contributed by atoms with Gasteiger partial charge in [0.1, 0.15) is 12.3 Å². The quantitative estimate of drug-likeness (QED) is 0.639. The number of amides is 2. The van der Waals surface area contributed by atoms with Gasteiger partial charge in [-0.15, -0.1) is 0 Å². The molecular formula is C19H19N3O7S. The maximum Gasteiger partial charge on any atom is 0.335 e. The number of carboxylic acids is 1. The molecule has 0 spiro atoms. The summed E-state index contributed by atoms with van der Waals surface area (Å²) in [7, 11) is -3.86. The highest BCUT2D eigenvalue weighted by molar-refractivity contribution is 7.89. The van der Waals surface area contributed by atoms with E-state index in [9.17, 15) is 27.9 Å². The number of nitrogens with zero attached hydrogens (tertiary/aromatic N) is 1. The lowest BCUT2D eigenvalue weighted by Gasteiger charge is -2.38. The summed E-state index contributed by atoms with van der Waals surface area (Å²) in [5.41, 5.74) is -0.852. The molecule has 0 saturated heterocycles. The van der Waals surface area contributed by atoms with Gasteiger partial charge in [-0.1, -0.05) is 0 Å². The Labute approximate surface area is 172 Å². The number of hydrogen-bond acceptors (Lipinski definition) is 6. The van der Waals surface area contributed by atoms with Crippen LogP contribution in [0, 0.1) is 0 Å². The highest BCUT2D eigenvalue weighted by Gasteiger charge is 2.41. The zero-order chi connectivity index (χ0) is 22.3. The number of carbonyl (C=O) groups is 3. The Morgan fingerprint density at radius 1 is 1.17 bits per heavy atom. The molecule has 158 valence electrons. The van der Waals surface area contributed by atoms with Gasteiger partial charge in [0, 0.05) is 5.69 Å². The molecule has 1 aliphatic rings. The summed E-state index contributed by atoms with van der Waals surface area (Å²) in [6, 6.07) is 9.24. The van der Waals surface area contributed by atoms with Crippen molar-refractivity contribution in [2.24, 2.45) is 5.14 Å². The van der Waals surface area contributed by atoms with Crippen LogP contribution in [0.15, 0.2) is 47.4 Å². The topological polar surface area (TPSA) is 156 Å². The molecule has 0 radical (unpaired) electrons. The first-order chi connectivity index (χ1) is 13.9. The molecule has 2 amide bonds. The van der Waals surface area contributed by atoms with Crippen LogP contribution in [-0.2, 0) is 19.6 Å². The average molecular weight is 433 g/mol. The number of rotatable bonds is 5. The van der Waals surface area contributed by atoms with Crippen molar-refractivity contribution in [3.63, 3.8) is 0 Å². The zero-order valence-corrected chi connectivity index (χ0v) is 16.9. The summed E-state index contributed by atoms with van der Waals surface area (Å²) < 4.78 is 28.3. The number of sulfonamides is 1. The third-order valence-electron chi connectivity index (χ3n) is 4.39. The fourth-order valence-corrected chi connectivity index (χ4v) is 3.45. The zero-order valence-electron chi connectivity index (χ0n) is 16.1. The number of carboxylic acid groups (broad SMARTS) is 1. The van der Waals surface area contributed by atoms with Crippen molar-refractivity contribution in [1.29, 1.82) is 0 Å². The highest BCUT2D eigenvalue weighted by Crippen LogP contribution is 2.38. The molecule has 30 heavy (non-hydrogen) atoms. The summed E-state index contributed by atoms with van der Waals surface area (Å²) >= 11 is 0. The van der Waals surface area contributed by atoms with Crippen molar-refractivity contribution in [3.8, 4) is 5.75 Å². The van der Waals surface area contributed by atoms with Crippen LogP contribution in [0.25, 0.3) is 0 Å². The van der Waals surface area contributed by atoms with Crippen LogP contribution in [-0.4, -0.2) is 43.5 Å². The Morgan fingerprint density at radius 2 is 1.80 bits per heavy atom. The molecule has 1 heterocycles. The van der Waals surface area contributed by atoms with Gasteiger partial charge in [-0.3, -0.25) is 14.5 Å². The number of ether oxygens (including phenoxy) is 1. The predicted molar refractivity (Wildman–Crippen MR) is 107 cm³/mol. The molecule has 0 atom stereocenters. The fourth-order valence-electron chi connectivity index (χ4n) is 2.93. The van der Waals surface area contributed by atoms with Crippen molar-refractivity contribution >= 4 is 39.2 Å². The maximum absolute atomic E-state index is 12.8. The third-order valence-corrected chi connectivity index (χ3v) is 5.32. The monoisotopic (exact) mass is 433 g/mol. The van der Waals surface area contributed by atoms with Crippen LogP contribution < -0.4 is 20.1 Å². The van der Waals surface area contributed by atoms with E-state index in [1.54, 1.807) is 13.8 Å². The third kappa shape index (κ3) is 4.26. The van der Waals surface area contributed by atoms with E-state index in [1.807, 2.05) is 0 Å². The molecule has 2 aromatic carbocycles. The van der Waals surface area contributed by atoms with Crippen LogP contribution in [0.2, 0.25) is 0 Å². The van der Waals surface area contributed by atoms with Gasteiger partial charge in [0.15, 0.2) is 5.60 Å². The van der Waals surface area contributed by atoms with E-state index in [0.29, 0.717) is 5.69 Å². The van der Waals surface area contributed by atoms with E-state index in [2.05, 4.69) is 5.32 Å². The predicted octanol–water partition coefficient (Wildman–Crippen LogP) is 1.17. The second-order valence-electron chi connectivity index (χ2n) is 7.11. The average Bonchev–Trinajstić information content (AvgIpc) is 2.64. The fraction of sp³-hybridized carbons (Fsp3) is 0.211. The molecule has 0 saturated carbocycles. The Hall–Kier alpha value is -3.44. The van der Waals surface area contributed by atoms with Crippen molar-refractivity contribution in [3.05, 3.63) is 48.0 Å². The molecular weight excluding hydrogens is 414 g/mol. The Kier molecular flexibility index (Phi) is 5.27. The summed E-state index contributed by atoms with van der Waals surface area (Å²) in [6.07, 6.45) is 0. The van der Waals surface area contributed by atoms with Gasteiger partial charge in [-0.2, -0.15) is 0 Å². The summed E-state index contributed by atoms with van der Waals surface area (Å²) in [5.74, 6) is -2.00. The van der Waals surface area contributed by atoms with Gasteiger partial charge >= 0.3 is 5.97 Å². The Balaban J connectivity index is 1.86. The van der Waals surface area contributed by atoms with Crippen LogP contribution in [0.1, 0.15) is 24.2 Å². The number of carbonyl (C=O) groups excluding carboxylic acids is 2. The summed E-state index contributed by atoms with van der Waals surface area (Å²) in [5, 5.41) is 16.8. The standard InChI is InChI=1S/C19H19N3O7S/c1-19(2)18(26)22(14-9-11(17(24)25)3-8-15(14)29-19)10-16(23)21-12-4-6-13(7-5-12)30(20,27)28/h3-9H,10H2,1-2H3,(H,21,23)(H,24,25)(H2,20,27,28). The largest absolute Gasteiger partial charge is 0.478 e. The molecule has 0 aromatic heterocycles. The Bertz CT molecular complexity index is 1140. The van der Waals surface area contributed by atoms with Crippen LogP contribution in [0.5, 0.6) is 5.75 Å². The van der Waals surface area contributed by atoms with Crippen LogP contribution >= 0.6 is 0 Å². The van der Waals surface area contributed by atoms with Crippen molar-refractivity contribution in [2.45, 2.75) is 24.3 Å². The number of primary sulfonamides is 1. The SMILES string of the molecule is CC1(C)Oc2ccc(C(=O)O)cc2N(CC(=O)Nc2ccc(S(N)(=O)=O)cc2)C1=O. The second-order valence-corrected chi connectivity index (χ2v) is 8.67. The molecule has 0 bridgehead atoms. The van der Waals surface area contributed by atoms with Crippen LogP contribution in [0.4, 0.5) is 11.4 Å². The highest BCUT2D eigenvalue weighted by atomic mass is 32.2. The minimum absolute atomic E-state index is 0.0613. The van der Waals surface area contributed by atoms with E-state index < -0.39 is 40.0 Å². The lowest BCUT2D eigenvalue weighted by Crippen LogP contribution is -2.54. The molecule has 3 rings (SSSR count). The number of aromatic carboxylic acids is 1. The number of fused-ring (bicyclic) bond motifs is 1. The lowest BCUT2D eigenvalue weighted by molar-refractivity contribution is -0.133. The van der Waals surface area contributed by atoms with E-state index in [4.69, 9.17) is 9.88 Å². The minimum atomic E-state index is -3.86. The van der Waals surface area contributed by atoms with Gasteiger partial charge in [0.2, 0.25) is 15.9 Å². The maximum atomic E-state index is 12.8. The van der Waals surface area contributed by atoms with Gasteiger partial charge < -0.3 is 15.2 Å². The first-order valence-corrected chi connectivity index (χ1v) is 10.2. The van der Waals surface area contributed by atoms with Gasteiger partial charge in [0.05, 0.1) is 16.1 Å². The summed E-state index contributed by atoms with van der Waals surface area (Å²) in [6.45, 7) is 2.68. The van der Waals surface area contributed by atoms with E-state index in [1.165, 1.54) is 42.5 Å². The normalized spacial score (nSPS) is 15.2. The van der Waals surface area contributed by atoms with Crippen LogP contribution in [0.3, 0.4) is 0 Å². The number of anilines is 2.